The molecule has 0 saturated heterocycles. The molecule has 0 aliphatic rings. The van der Waals surface area contributed by atoms with Crippen molar-refractivity contribution in [3.63, 3.8) is 0 Å². The van der Waals surface area contributed by atoms with Crippen molar-refractivity contribution >= 4 is 0 Å². The van der Waals surface area contributed by atoms with Crippen LogP contribution in [-0.4, -0.2) is 19.9 Å². The molecule has 1 heterocycles. The molecule has 0 aromatic carbocycles. The van der Waals surface area contributed by atoms with Crippen molar-refractivity contribution in [1.29, 1.82) is 0 Å². The van der Waals surface area contributed by atoms with E-state index in [1.54, 1.807) is 4.68 Å². The molecule has 1 aromatic heterocycles. The summed E-state index contributed by atoms with van der Waals surface area (Å²) in [5.41, 5.74) is 0. The minimum atomic E-state index is -0.0446. The highest BCUT2D eigenvalue weighted by Gasteiger charge is 2.13. The van der Waals surface area contributed by atoms with Crippen LogP contribution in [0, 0.1) is 5.92 Å². The third kappa shape index (κ3) is 1.64. The van der Waals surface area contributed by atoms with E-state index in [1.807, 2.05) is 0 Å². The molecular weight excluding hydrogens is 154 g/mol. The van der Waals surface area contributed by atoms with Gasteiger partial charge < -0.3 is 5.11 Å². The largest absolute Gasteiger partial charge is 0.388 e. The number of aromatic nitrogens is 3. The maximum atomic E-state index is 8.91. The van der Waals surface area contributed by atoms with E-state index >= 15 is 0 Å². The summed E-state index contributed by atoms with van der Waals surface area (Å²) < 4.78 is 1.77. The van der Waals surface area contributed by atoms with E-state index in [2.05, 4.69) is 30.9 Å². The quantitative estimate of drug-likeness (QED) is 0.734. The summed E-state index contributed by atoms with van der Waals surface area (Å²) in [6.45, 7) is 6.26. The van der Waals surface area contributed by atoms with E-state index in [9.17, 15) is 0 Å². The molecule has 1 rings (SSSR count). The summed E-state index contributed by atoms with van der Waals surface area (Å²) in [6.07, 6.45) is 1.48. The van der Waals surface area contributed by atoms with Crippen LogP contribution in [0.15, 0.2) is 6.33 Å². The van der Waals surface area contributed by atoms with Crippen molar-refractivity contribution in [2.45, 2.75) is 33.4 Å². The van der Waals surface area contributed by atoms with Gasteiger partial charge in [-0.3, -0.25) is 0 Å². The molecule has 0 saturated carbocycles. The van der Waals surface area contributed by atoms with Crippen LogP contribution in [0.25, 0.3) is 0 Å². The number of aliphatic hydroxyl groups excluding tert-OH is 1. The summed E-state index contributed by atoms with van der Waals surface area (Å²) in [7, 11) is 0. The highest BCUT2D eigenvalue weighted by atomic mass is 16.3. The Hall–Kier alpha value is -0.900. The minimum absolute atomic E-state index is 0.0446. The van der Waals surface area contributed by atoms with Crippen LogP contribution in [0.1, 0.15) is 32.6 Å². The van der Waals surface area contributed by atoms with Crippen LogP contribution in [0.2, 0.25) is 0 Å². The van der Waals surface area contributed by atoms with Gasteiger partial charge in [-0.05, 0) is 12.8 Å². The van der Waals surface area contributed by atoms with Crippen molar-refractivity contribution in [1.82, 2.24) is 14.8 Å². The Morgan fingerprint density at radius 1 is 1.50 bits per heavy atom. The zero-order valence-corrected chi connectivity index (χ0v) is 7.73. The normalized spacial score (nSPS) is 13.8. The van der Waals surface area contributed by atoms with Crippen molar-refractivity contribution in [3.8, 4) is 0 Å². The lowest BCUT2D eigenvalue weighted by Gasteiger charge is -2.17. The van der Waals surface area contributed by atoms with Gasteiger partial charge in [-0.2, -0.15) is 5.10 Å². The SMILES string of the molecule is CC(C)C(C)n1ncnc1CO. The Kier molecular flexibility index (Phi) is 2.81. The van der Waals surface area contributed by atoms with Gasteiger partial charge in [0, 0.05) is 0 Å². The van der Waals surface area contributed by atoms with E-state index < -0.39 is 0 Å². The monoisotopic (exact) mass is 169 g/mol. The van der Waals surface area contributed by atoms with Gasteiger partial charge in [0.25, 0.3) is 0 Å². The standard InChI is InChI=1S/C8H15N3O/c1-6(2)7(3)11-8(4-12)9-5-10-11/h5-7,12H,4H2,1-3H3. The maximum Gasteiger partial charge on any atom is 0.152 e. The fraction of sp³-hybridized carbons (Fsp3) is 0.750. The van der Waals surface area contributed by atoms with Crippen LogP contribution in [0.4, 0.5) is 0 Å². The van der Waals surface area contributed by atoms with E-state index in [0.717, 1.165) is 0 Å². The van der Waals surface area contributed by atoms with Crippen molar-refractivity contribution in [3.05, 3.63) is 12.2 Å². The fourth-order valence-electron chi connectivity index (χ4n) is 1.01. The maximum absolute atomic E-state index is 8.91. The summed E-state index contributed by atoms with van der Waals surface area (Å²) in [6, 6.07) is 0.287. The van der Waals surface area contributed by atoms with Gasteiger partial charge in [0.15, 0.2) is 5.82 Å². The third-order valence-electron chi connectivity index (χ3n) is 2.14. The minimum Gasteiger partial charge on any atom is -0.388 e. The molecule has 0 fully saturated rings. The van der Waals surface area contributed by atoms with Gasteiger partial charge in [0.1, 0.15) is 12.9 Å². The third-order valence-corrected chi connectivity index (χ3v) is 2.14. The van der Waals surface area contributed by atoms with Crippen molar-refractivity contribution in [2.24, 2.45) is 5.92 Å². The summed E-state index contributed by atoms with van der Waals surface area (Å²) in [4.78, 5) is 3.94. The Morgan fingerprint density at radius 2 is 2.17 bits per heavy atom. The molecule has 1 aromatic rings. The molecule has 1 unspecified atom stereocenters. The Morgan fingerprint density at radius 3 is 2.67 bits per heavy atom. The first-order valence-corrected chi connectivity index (χ1v) is 4.16. The Balaban J connectivity index is 2.86. The molecule has 12 heavy (non-hydrogen) atoms. The van der Waals surface area contributed by atoms with Crippen LogP contribution in [-0.2, 0) is 6.61 Å². The van der Waals surface area contributed by atoms with Gasteiger partial charge in [-0.15, -0.1) is 0 Å². The lowest BCUT2D eigenvalue weighted by molar-refractivity contribution is 0.249. The number of hydrogen-bond donors (Lipinski definition) is 1. The smallest absolute Gasteiger partial charge is 0.152 e. The highest BCUT2D eigenvalue weighted by Crippen LogP contribution is 2.16. The molecular formula is C8H15N3O. The Bertz CT molecular complexity index is 244. The molecule has 0 bridgehead atoms. The van der Waals surface area contributed by atoms with Gasteiger partial charge in [0.05, 0.1) is 6.04 Å². The zero-order valence-electron chi connectivity index (χ0n) is 7.73. The topological polar surface area (TPSA) is 50.9 Å². The highest BCUT2D eigenvalue weighted by molar-refractivity contribution is 4.84. The number of rotatable bonds is 3. The molecule has 0 aliphatic heterocycles. The van der Waals surface area contributed by atoms with Gasteiger partial charge in [-0.25, -0.2) is 9.67 Å². The lowest BCUT2D eigenvalue weighted by atomic mass is 10.1. The molecule has 4 nitrogen and oxygen atoms in total. The second-order valence-corrected chi connectivity index (χ2v) is 3.26. The van der Waals surface area contributed by atoms with Gasteiger partial charge >= 0.3 is 0 Å². The number of aliphatic hydroxyl groups is 1. The van der Waals surface area contributed by atoms with Crippen molar-refractivity contribution < 1.29 is 5.11 Å². The molecule has 0 radical (unpaired) electrons. The second kappa shape index (κ2) is 3.67. The van der Waals surface area contributed by atoms with E-state index in [-0.39, 0.29) is 12.6 Å². The molecule has 1 atom stereocenters. The van der Waals surface area contributed by atoms with E-state index in [0.29, 0.717) is 11.7 Å². The first-order valence-electron chi connectivity index (χ1n) is 4.16. The summed E-state index contributed by atoms with van der Waals surface area (Å²) in [5.74, 6) is 1.13. The average molecular weight is 169 g/mol. The van der Waals surface area contributed by atoms with Crippen molar-refractivity contribution in [2.75, 3.05) is 0 Å². The average Bonchev–Trinajstić information content (AvgIpc) is 2.49. The fourth-order valence-corrected chi connectivity index (χ4v) is 1.01. The Labute approximate surface area is 72.2 Å². The van der Waals surface area contributed by atoms with Crippen LogP contribution in [0.3, 0.4) is 0 Å². The second-order valence-electron chi connectivity index (χ2n) is 3.26. The molecule has 0 amide bonds. The van der Waals surface area contributed by atoms with Crippen LogP contribution >= 0.6 is 0 Å². The molecule has 68 valence electrons. The molecule has 0 spiro atoms. The summed E-state index contributed by atoms with van der Waals surface area (Å²) >= 11 is 0. The molecule has 4 heteroatoms. The first kappa shape index (κ1) is 9.19. The molecule has 1 N–H and O–H groups in total. The predicted octanol–water partition coefficient (Wildman–Crippen LogP) is 0.987. The first-order chi connectivity index (χ1) is 5.66. The van der Waals surface area contributed by atoms with Gasteiger partial charge in [0.2, 0.25) is 0 Å². The predicted molar refractivity (Wildman–Crippen MR) is 45.5 cm³/mol. The van der Waals surface area contributed by atoms with Gasteiger partial charge in [-0.1, -0.05) is 13.8 Å². The zero-order chi connectivity index (χ0) is 9.14. The number of hydrogen-bond acceptors (Lipinski definition) is 3. The van der Waals surface area contributed by atoms with E-state index in [1.165, 1.54) is 6.33 Å². The number of nitrogens with zero attached hydrogens (tertiary/aromatic N) is 3. The summed E-state index contributed by atoms with van der Waals surface area (Å²) in [5, 5.41) is 13.0. The molecule has 0 aliphatic carbocycles. The van der Waals surface area contributed by atoms with Crippen LogP contribution < -0.4 is 0 Å². The van der Waals surface area contributed by atoms with E-state index in [4.69, 9.17) is 5.11 Å². The lowest BCUT2D eigenvalue weighted by Crippen LogP contribution is -2.16. The van der Waals surface area contributed by atoms with Crippen LogP contribution in [0.5, 0.6) is 0 Å².